The molecule has 2 bridgehead atoms. The van der Waals surface area contributed by atoms with Gasteiger partial charge in [-0.2, -0.15) is 5.10 Å². The summed E-state index contributed by atoms with van der Waals surface area (Å²) < 4.78 is 19.8. The second-order valence-electron chi connectivity index (χ2n) is 10.0. The van der Waals surface area contributed by atoms with E-state index in [9.17, 15) is 18.8 Å². The van der Waals surface area contributed by atoms with E-state index in [1.165, 1.54) is 42.1 Å². The number of methoxy groups -OCH3 is 1. The number of fused-ring (bicyclic) bond motifs is 4. The Bertz CT molecular complexity index is 1370. The first-order valence-corrected chi connectivity index (χ1v) is 12.6. The lowest BCUT2D eigenvalue weighted by Gasteiger charge is -2.51. The fourth-order valence-corrected chi connectivity index (χ4v) is 5.73. The van der Waals surface area contributed by atoms with Crippen LogP contribution in [0.25, 0.3) is 5.65 Å². The molecule has 0 spiro atoms. The van der Waals surface area contributed by atoms with Crippen LogP contribution in [-0.4, -0.2) is 46.0 Å². The number of amides is 2. The second-order valence-corrected chi connectivity index (χ2v) is 10.4. The molecule has 2 N–H and O–H groups in total. The van der Waals surface area contributed by atoms with Gasteiger partial charge in [0.05, 0.1) is 23.7 Å². The van der Waals surface area contributed by atoms with E-state index in [4.69, 9.17) is 16.3 Å². The molecule has 3 fully saturated rings. The third-order valence-electron chi connectivity index (χ3n) is 7.91. The largest absolute Gasteiger partial charge is 0.469 e. The van der Waals surface area contributed by atoms with Crippen LogP contribution in [0.5, 0.6) is 0 Å². The molecule has 3 aliphatic carbocycles. The van der Waals surface area contributed by atoms with E-state index >= 15 is 0 Å². The van der Waals surface area contributed by atoms with Gasteiger partial charge in [0.15, 0.2) is 5.65 Å². The van der Waals surface area contributed by atoms with Crippen molar-refractivity contribution >= 4 is 35.0 Å². The van der Waals surface area contributed by atoms with Gasteiger partial charge in [0.2, 0.25) is 0 Å². The zero-order valence-electron chi connectivity index (χ0n) is 20.4. The number of rotatable bonds is 7. The van der Waals surface area contributed by atoms with Crippen molar-refractivity contribution in [2.24, 2.45) is 10.8 Å². The maximum Gasteiger partial charge on any atom is 0.311 e. The van der Waals surface area contributed by atoms with E-state index < -0.39 is 11.7 Å². The Labute approximate surface area is 217 Å². The Kier molecular flexibility index (Phi) is 6.61. The average Bonchev–Trinajstić information content (AvgIpc) is 3.41. The number of halogens is 2. The first kappa shape index (κ1) is 25.1. The summed E-state index contributed by atoms with van der Waals surface area (Å²) in [6, 6.07) is 7.22. The Morgan fingerprint density at radius 2 is 1.78 bits per heavy atom. The summed E-state index contributed by atoms with van der Waals surface area (Å²) in [7, 11) is 1.44. The molecule has 2 heterocycles. The maximum absolute atomic E-state index is 13.4. The molecule has 11 heteroatoms. The van der Waals surface area contributed by atoms with Crippen LogP contribution in [0.1, 0.15) is 65.1 Å². The van der Waals surface area contributed by atoms with Crippen molar-refractivity contribution in [2.45, 2.75) is 45.1 Å². The molecule has 0 unspecified atom stereocenters. The number of nitrogens with one attached hydrogen (secondary N) is 2. The van der Waals surface area contributed by atoms with Crippen LogP contribution in [0, 0.1) is 16.6 Å². The highest BCUT2D eigenvalue weighted by atomic mass is 35.5. The van der Waals surface area contributed by atoms with Crippen LogP contribution in [0.4, 0.5) is 4.39 Å². The molecular formula is C26H27ClFN5O4. The lowest BCUT2D eigenvalue weighted by molar-refractivity contribution is -0.162. The highest BCUT2D eigenvalue weighted by molar-refractivity contribution is 6.30. The third-order valence-corrected chi connectivity index (χ3v) is 8.20. The monoisotopic (exact) mass is 527 g/mol. The van der Waals surface area contributed by atoms with Gasteiger partial charge in [0, 0.05) is 25.2 Å². The smallest absolute Gasteiger partial charge is 0.311 e. The predicted molar refractivity (Wildman–Crippen MR) is 132 cm³/mol. The minimum Gasteiger partial charge on any atom is -0.469 e. The van der Waals surface area contributed by atoms with E-state index in [0.29, 0.717) is 17.8 Å². The van der Waals surface area contributed by atoms with Crippen molar-refractivity contribution in [1.82, 2.24) is 25.2 Å². The molecule has 37 heavy (non-hydrogen) atoms. The zero-order valence-corrected chi connectivity index (χ0v) is 21.1. The van der Waals surface area contributed by atoms with Crippen LogP contribution < -0.4 is 10.6 Å². The van der Waals surface area contributed by atoms with Crippen molar-refractivity contribution in [3.63, 3.8) is 0 Å². The van der Waals surface area contributed by atoms with Gasteiger partial charge in [0.1, 0.15) is 17.2 Å². The lowest BCUT2D eigenvalue weighted by atomic mass is 9.53. The number of hydrogen-bond donors (Lipinski definition) is 2. The van der Waals surface area contributed by atoms with Gasteiger partial charge in [0.25, 0.3) is 11.8 Å². The first-order valence-electron chi connectivity index (χ1n) is 12.2. The Morgan fingerprint density at radius 3 is 2.46 bits per heavy atom. The summed E-state index contributed by atoms with van der Waals surface area (Å²) in [4.78, 5) is 42.7. The van der Waals surface area contributed by atoms with Crippen LogP contribution in [0.15, 0.2) is 36.5 Å². The van der Waals surface area contributed by atoms with Gasteiger partial charge in [-0.05, 0) is 61.6 Å². The van der Waals surface area contributed by atoms with Gasteiger partial charge in [-0.25, -0.2) is 13.9 Å². The summed E-state index contributed by atoms with van der Waals surface area (Å²) in [6.07, 6.45) is 6.33. The first-order chi connectivity index (χ1) is 17.7. The van der Waals surface area contributed by atoms with Crippen molar-refractivity contribution in [1.29, 1.82) is 0 Å². The molecule has 0 atom stereocenters. The standard InChI is InChI=1S/C26H27ClFN5O4/c1-37-24(36)26-8-5-25(6-9-26,7-10-26)15-30-23(35)20-13-19(32-21-4-11-31-33(20)21)22(34)29-14-16-2-3-18(28)17(27)12-16/h2-4,11-13H,5-10,14-15H2,1H3,(H,29,34)(H,30,35). The highest BCUT2D eigenvalue weighted by Gasteiger charge is 2.53. The van der Waals surface area contributed by atoms with Gasteiger partial charge in [-0.3, -0.25) is 14.4 Å². The summed E-state index contributed by atoms with van der Waals surface area (Å²) in [5.74, 6) is -1.52. The molecule has 3 saturated carbocycles. The van der Waals surface area contributed by atoms with Gasteiger partial charge >= 0.3 is 5.97 Å². The quantitative estimate of drug-likeness (QED) is 0.453. The van der Waals surface area contributed by atoms with Crippen LogP contribution >= 0.6 is 11.6 Å². The second kappa shape index (κ2) is 9.74. The molecule has 6 rings (SSSR count). The topological polar surface area (TPSA) is 115 Å². The number of aromatic nitrogens is 3. The molecule has 0 saturated heterocycles. The van der Waals surface area contributed by atoms with E-state index in [2.05, 4.69) is 20.7 Å². The van der Waals surface area contributed by atoms with Crippen LogP contribution in [0.3, 0.4) is 0 Å². The molecule has 194 valence electrons. The van der Waals surface area contributed by atoms with E-state index in [1.54, 1.807) is 6.07 Å². The minimum atomic E-state index is -0.538. The number of nitrogens with zero attached hydrogens (tertiary/aromatic N) is 3. The number of esters is 1. The Hall–Kier alpha value is -3.53. The number of benzene rings is 1. The SMILES string of the molecule is COC(=O)C12CCC(CNC(=O)c3cc(C(=O)NCc4ccc(F)c(Cl)c4)nc4ccnn34)(CC1)CC2. The van der Waals surface area contributed by atoms with Gasteiger partial charge < -0.3 is 15.4 Å². The molecule has 0 aliphatic heterocycles. The minimum absolute atomic E-state index is 0.0316. The molecule has 3 aromatic rings. The molecule has 9 nitrogen and oxygen atoms in total. The summed E-state index contributed by atoms with van der Waals surface area (Å²) in [5, 5.41) is 9.92. The van der Waals surface area contributed by atoms with Crippen molar-refractivity contribution in [3.05, 3.63) is 64.3 Å². The molecular weight excluding hydrogens is 501 g/mol. The summed E-state index contributed by atoms with van der Waals surface area (Å²) in [5.41, 5.74) is 0.796. The molecule has 2 amide bonds. The molecule has 2 aromatic heterocycles. The van der Waals surface area contributed by atoms with Crippen LogP contribution in [0.2, 0.25) is 5.02 Å². The molecule has 0 radical (unpaired) electrons. The van der Waals surface area contributed by atoms with Crippen LogP contribution in [-0.2, 0) is 16.1 Å². The van der Waals surface area contributed by atoms with Gasteiger partial charge in [-0.15, -0.1) is 0 Å². The third kappa shape index (κ3) is 4.77. The predicted octanol–water partition coefficient (Wildman–Crippen LogP) is 3.70. The number of carbonyl (C=O) groups excluding carboxylic acids is 3. The van der Waals surface area contributed by atoms with Crippen molar-refractivity contribution in [3.8, 4) is 0 Å². The molecule has 1 aromatic carbocycles. The number of ether oxygens (including phenoxy) is 1. The van der Waals surface area contributed by atoms with Gasteiger partial charge in [-0.1, -0.05) is 17.7 Å². The Balaban J connectivity index is 1.28. The Morgan fingerprint density at radius 1 is 1.05 bits per heavy atom. The van der Waals surface area contributed by atoms with E-state index in [0.717, 1.165) is 38.5 Å². The van der Waals surface area contributed by atoms with Crippen molar-refractivity contribution < 1.29 is 23.5 Å². The van der Waals surface area contributed by atoms with Crippen molar-refractivity contribution in [2.75, 3.05) is 13.7 Å². The fraction of sp³-hybridized carbons (Fsp3) is 0.423. The average molecular weight is 528 g/mol. The lowest BCUT2D eigenvalue weighted by Crippen LogP contribution is -2.50. The number of hydrogen-bond acceptors (Lipinski definition) is 6. The summed E-state index contributed by atoms with van der Waals surface area (Å²) in [6.45, 7) is 0.586. The number of carbonyl (C=O) groups is 3. The molecule has 3 aliphatic rings. The van der Waals surface area contributed by atoms with E-state index in [1.807, 2.05) is 0 Å². The van der Waals surface area contributed by atoms with E-state index in [-0.39, 0.29) is 45.7 Å². The fourth-order valence-electron chi connectivity index (χ4n) is 5.52. The summed E-state index contributed by atoms with van der Waals surface area (Å²) >= 11 is 5.82. The highest BCUT2D eigenvalue weighted by Crippen LogP contribution is 2.57. The maximum atomic E-state index is 13.4. The zero-order chi connectivity index (χ0) is 26.2. The normalized spacial score (nSPS) is 22.6.